The van der Waals surface area contributed by atoms with Crippen molar-refractivity contribution in [2.75, 3.05) is 34.5 Å². The Bertz CT molecular complexity index is 1030. The smallest absolute Gasteiger partial charge is 0.365 e. The molecule has 0 aromatic heterocycles. The third-order valence-electron chi connectivity index (χ3n) is 6.30. The van der Waals surface area contributed by atoms with Gasteiger partial charge in [-0.05, 0) is 71.3 Å². The fourth-order valence-electron chi connectivity index (χ4n) is 4.61. The highest BCUT2D eigenvalue weighted by Crippen LogP contribution is 2.41. The maximum Gasteiger partial charge on any atom is 0.416 e. The lowest BCUT2D eigenvalue weighted by Gasteiger charge is -2.39. The summed E-state index contributed by atoms with van der Waals surface area (Å²) in [5.41, 5.74) is 1.61. The van der Waals surface area contributed by atoms with Crippen LogP contribution in [0.15, 0.2) is 42.5 Å². The second-order valence-corrected chi connectivity index (χ2v) is 10.7. The molecular formula is C23H23F3IN3OS. The van der Waals surface area contributed by atoms with Gasteiger partial charge in [0.2, 0.25) is 5.91 Å². The van der Waals surface area contributed by atoms with Crippen LogP contribution in [0.25, 0.3) is 0 Å². The van der Waals surface area contributed by atoms with Crippen molar-refractivity contribution < 1.29 is 18.0 Å². The average Bonchev–Trinajstić information content (AvgIpc) is 3.50. The first-order valence-electron chi connectivity index (χ1n) is 10.7. The first-order chi connectivity index (χ1) is 15.3. The zero-order valence-electron chi connectivity index (χ0n) is 17.3. The van der Waals surface area contributed by atoms with E-state index in [2.05, 4.69) is 11.0 Å². The summed E-state index contributed by atoms with van der Waals surface area (Å²) in [5.74, 6) is 1.12. The molecule has 0 unspecified atom stereocenters. The number of fused-ring (bicyclic) bond motifs is 1. The number of halogens is 4. The van der Waals surface area contributed by atoms with E-state index in [0.29, 0.717) is 24.2 Å². The van der Waals surface area contributed by atoms with Crippen LogP contribution in [0, 0.1) is 3.57 Å². The Morgan fingerprint density at radius 1 is 1.09 bits per heavy atom. The highest BCUT2D eigenvalue weighted by Gasteiger charge is 2.41. The third-order valence-corrected chi connectivity index (χ3v) is 8.04. The molecule has 2 fully saturated rings. The minimum Gasteiger partial charge on any atom is -0.365 e. The SMILES string of the molecule is O=C([C@@H]1CSCN1Cc1cc(I)ccc1C(F)(F)F)N1CCN(C2CC2)c2ccccc21. The minimum atomic E-state index is -4.41. The van der Waals surface area contributed by atoms with E-state index in [9.17, 15) is 18.0 Å². The molecule has 1 saturated heterocycles. The summed E-state index contributed by atoms with van der Waals surface area (Å²) in [6.07, 6.45) is -2.04. The third kappa shape index (κ3) is 4.35. The van der Waals surface area contributed by atoms with Crippen LogP contribution in [-0.2, 0) is 17.5 Å². The van der Waals surface area contributed by atoms with Gasteiger partial charge in [-0.25, -0.2) is 0 Å². The fourth-order valence-corrected chi connectivity index (χ4v) is 6.35. The van der Waals surface area contributed by atoms with E-state index in [0.717, 1.165) is 27.6 Å². The van der Waals surface area contributed by atoms with Gasteiger partial charge in [-0.15, -0.1) is 11.8 Å². The zero-order valence-corrected chi connectivity index (χ0v) is 20.3. The molecule has 2 aromatic rings. The Morgan fingerprint density at radius 3 is 2.56 bits per heavy atom. The van der Waals surface area contributed by atoms with Gasteiger partial charge >= 0.3 is 6.18 Å². The van der Waals surface area contributed by atoms with E-state index in [-0.39, 0.29) is 18.0 Å². The predicted molar refractivity (Wildman–Crippen MR) is 130 cm³/mol. The van der Waals surface area contributed by atoms with Crippen molar-refractivity contribution in [3.8, 4) is 0 Å². The highest BCUT2D eigenvalue weighted by atomic mass is 127. The summed E-state index contributed by atoms with van der Waals surface area (Å²) in [6, 6.07) is 12.3. The zero-order chi connectivity index (χ0) is 22.5. The van der Waals surface area contributed by atoms with Gasteiger partial charge in [0, 0.05) is 40.9 Å². The fraction of sp³-hybridized carbons (Fsp3) is 0.435. The van der Waals surface area contributed by atoms with Crippen LogP contribution >= 0.6 is 34.4 Å². The van der Waals surface area contributed by atoms with Crippen molar-refractivity contribution in [1.82, 2.24) is 4.90 Å². The van der Waals surface area contributed by atoms with Gasteiger partial charge in [0.05, 0.1) is 23.0 Å². The largest absolute Gasteiger partial charge is 0.416 e. The summed E-state index contributed by atoms with van der Waals surface area (Å²) in [6.45, 7) is 1.51. The number of hydrogen-bond donors (Lipinski definition) is 0. The van der Waals surface area contributed by atoms with Crippen molar-refractivity contribution in [2.24, 2.45) is 0 Å². The normalized spacial score (nSPS) is 21.7. The van der Waals surface area contributed by atoms with E-state index >= 15 is 0 Å². The van der Waals surface area contributed by atoms with Crippen molar-refractivity contribution in [1.29, 1.82) is 0 Å². The number of amides is 1. The van der Waals surface area contributed by atoms with E-state index < -0.39 is 17.8 Å². The number of rotatable bonds is 4. The molecule has 4 nitrogen and oxygen atoms in total. The van der Waals surface area contributed by atoms with Gasteiger partial charge in [0.15, 0.2) is 0 Å². The molecule has 0 spiro atoms. The molecule has 2 aliphatic heterocycles. The molecule has 0 N–H and O–H groups in total. The molecule has 3 aliphatic rings. The van der Waals surface area contributed by atoms with Gasteiger partial charge in [0.25, 0.3) is 0 Å². The van der Waals surface area contributed by atoms with Crippen molar-refractivity contribution in [3.63, 3.8) is 0 Å². The lowest BCUT2D eigenvalue weighted by molar-refractivity contribution is -0.138. The van der Waals surface area contributed by atoms with Gasteiger partial charge in [-0.3, -0.25) is 9.69 Å². The van der Waals surface area contributed by atoms with E-state index in [1.807, 2.05) is 50.6 Å². The number of alkyl halides is 3. The summed E-state index contributed by atoms with van der Waals surface area (Å²) >= 11 is 3.63. The first-order valence-corrected chi connectivity index (χ1v) is 12.9. The second kappa shape index (κ2) is 8.72. The maximum atomic E-state index is 13.6. The number of para-hydroxylation sites is 2. The lowest BCUT2D eigenvalue weighted by atomic mass is 10.1. The number of anilines is 2. The molecular weight excluding hydrogens is 550 g/mol. The number of benzene rings is 2. The molecule has 1 amide bonds. The first kappa shape index (κ1) is 22.3. The molecule has 1 saturated carbocycles. The van der Waals surface area contributed by atoms with Crippen LogP contribution in [0.5, 0.6) is 0 Å². The van der Waals surface area contributed by atoms with Crippen LogP contribution in [0.2, 0.25) is 0 Å². The maximum absolute atomic E-state index is 13.6. The quantitative estimate of drug-likeness (QED) is 0.470. The van der Waals surface area contributed by atoms with Crippen LogP contribution in [0.4, 0.5) is 24.5 Å². The molecule has 9 heteroatoms. The van der Waals surface area contributed by atoms with Crippen molar-refractivity contribution in [3.05, 3.63) is 57.2 Å². The van der Waals surface area contributed by atoms with E-state index in [1.54, 1.807) is 17.8 Å². The molecule has 32 heavy (non-hydrogen) atoms. The Labute approximate surface area is 203 Å². The summed E-state index contributed by atoms with van der Waals surface area (Å²) in [4.78, 5) is 19.8. The van der Waals surface area contributed by atoms with Gasteiger partial charge in [-0.2, -0.15) is 13.2 Å². The molecule has 0 radical (unpaired) electrons. The highest BCUT2D eigenvalue weighted by molar-refractivity contribution is 14.1. The number of thioether (sulfide) groups is 1. The number of carbonyl (C=O) groups excluding carboxylic acids is 1. The molecule has 2 heterocycles. The Hall–Kier alpha value is -1.46. The van der Waals surface area contributed by atoms with Crippen molar-refractivity contribution >= 4 is 51.6 Å². The molecule has 1 atom stereocenters. The Balaban J connectivity index is 1.39. The van der Waals surface area contributed by atoms with Gasteiger partial charge < -0.3 is 9.80 Å². The van der Waals surface area contributed by atoms with Crippen LogP contribution in [0.3, 0.4) is 0 Å². The topological polar surface area (TPSA) is 26.8 Å². The summed E-state index contributed by atoms with van der Waals surface area (Å²) in [5, 5.41) is 0. The van der Waals surface area contributed by atoms with Crippen LogP contribution < -0.4 is 9.80 Å². The summed E-state index contributed by atoms with van der Waals surface area (Å²) in [7, 11) is 0. The molecule has 5 rings (SSSR count). The van der Waals surface area contributed by atoms with Gasteiger partial charge in [0.1, 0.15) is 0 Å². The van der Waals surface area contributed by atoms with Crippen molar-refractivity contribution in [2.45, 2.75) is 37.6 Å². The second-order valence-electron chi connectivity index (χ2n) is 8.46. The molecule has 0 bridgehead atoms. The number of hydrogen-bond acceptors (Lipinski definition) is 4. The lowest BCUT2D eigenvalue weighted by Crippen LogP contribution is -2.52. The monoisotopic (exact) mass is 573 g/mol. The van der Waals surface area contributed by atoms with E-state index in [1.165, 1.54) is 18.9 Å². The van der Waals surface area contributed by atoms with Crippen LogP contribution in [-0.4, -0.2) is 47.6 Å². The summed E-state index contributed by atoms with van der Waals surface area (Å²) < 4.78 is 41.5. The predicted octanol–water partition coefficient (Wildman–Crippen LogP) is 5.20. The molecule has 2 aromatic carbocycles. The standard InChI is InChI=1S/C23H23F3IN3OS/c24-23(25,26)18-8-5-16(27)11-15(18)12-28-14-32-13-21(28)22(31)30-10-9-29(17-6-7-17)19-3-1-2-4-20(19)30/h1-5,8,11,17,21H,6-7,9-10,12-14H2/t21-/m0/s1. The molecule has 170 valence electrons. The number of carbonyl (C=O) groups is 1. The Kier molecular flexibility index (Phi) is 6.08. The minimum absolute atomic E-state index is 0.0166. The number of nitrogens with zero attached hydrogens (tertiary/aromatic N) is 3. The average molecular weight is 573 g/mol. The van der Waals surface area contributed by atoms with E-state index in [4.69, 9.17) is 0 Å². The van der Waals surface area contributed by atoms with Crippen LogP contribution in [0.1, 0.15) is 24.0 Å². The molecule has 1 aliphatic carbocycles. The Morgan fingerprint density at radius 2 is 1.84 bits per heavy atom. The van der Waals surface area contributed by atoms with Gasteiger partial charge in [-0.1, -0.05) is 12.1 Å².